The van der Waals surface area contributed by atoms with Gasteiger partial charge in [-0.1, -0.05) is 68.4 Å². The monoisotopic (exact) mass is 465 g/mol. The molecule has 0 radical (unpaired) electrons. The Morgan fingerprint density at radius 3 is 2.43 bits per heavy atom. The Labute approximate surface area is 204 Å². The van der Waals surface area contributed by atoms with E-state index in [-0.39, 0.29) is 5.91 Å². The van der Waals surface area contributed by atoms with Gasteiger partial charge in [0.1, 0.15) is 17.1 Å². The fraction of sp³-hybridized carbons (Fsp3) is 0.172. The van der Waals surface area contributed by atoms with E-state index in [0.717, 1.165) is 27.8 Å². The van der Waals surface area contributed by atoms with Crippen LogP contribution in [-0.2, 0) is 0 Å². The van der Waals surface area contributed by atoms with Crippen molar-refractivity contribution in [3.8, 4) is 23.1 Å². The summed E-state index contributed by atoms with van der Waals surface area (Å²) in [5, 5.41) is 10.5. The number of furan rings is 1. The lowest BCUT2D eigenvalue weighted by atomic mass is 10.00. The van der Waals surface area contributed by atoms with Gasteiger partial charge in [-0.2, -0.15) is 5.26 Å². The summed E-state index contributed by atoms with van der Waals surface area (Å²) in [5.41, 5.74) is 9.83. The average molecular weight is 466 g/mol. The topological polar surface area (TPSA) is 87.3 Å². The zero-order chi connectivity index (χ0) is 24.8. The molecule has 0 atom stereocenters. The van der Waals surface area contributed by atoms with Crippen LogP contribution in [0.25, 0.3) is 33.9 Å². The zero-order valence-corrected chi connectivity index (χ0v) is 20.0. The number of carbonyl (C=O) groups is 1. The molecule has 3 aromatic carbocycles. The van der Waals surface area contributed by atoms with Crippen LogP contribution in [0.5, 0.6) is 5.75 Å². The SMILES string of the molecule is COc1ccc(/C=C(\C#N)c2ccc(-c3oc4ccccc4c3C(=O)NNCC(C)C)cc2)cc1. The third kappa shape index (κ3) is 5.43. The minimum atomic E-state index is -0.258. The predicted molar refractivity (Wildman–Crippen MR) is 138 cm³/mol. The lowest BCUT2D eigenvalue weighted by Crippen LogP contribution is -2.39. The second-order valence-electron chi connectivity index (χ2n) is 8.55. The van der Waals surface area contributed by atoms with Crippen LogP contribution >= 0.6 is 0 Å². The van der Waals surface area contributed by atoms with Crippen LogP contribution in [0.3, 0.4) is 0 Å². The van der Waals surface area contributed by atoms with Crippen LogP contribution in [0.15, 0.2) is 77.2 Å². The summed E-state index contributed by atoms with van der Waals surface area (Å²) >= 11 is 0. The molecule has 4 aromatic rings. The van der Waals surface area contributed by atoms with Crippen LogP contribution in [0.4, 0.5) is 0 Å². The van der Waals surface area contributed by atoms with E-state index in [9.17, 15) is 10.1 Å². The zero-order valence-electron chi connectivity index (χ0n) is 20.0. The molecular weight excluding hydrogens is 438 g/mol. The Kier molecular flexibility index (Phi) is 7.30. The van der Waals surface area contributed by atoms with Crippen molar-refractivity contribution in [2.75, 3.05) is 13.7 Å². The van der Waals surface area contributed by atoms with Crippen LogP contribution in [0, 0.1) is 17.2 Å². The highest BCUT2D eigenvalue weighted by molar-refractivity contribution is 6.11. The largest absolute Gasteiger partial charge is 0.497 e. The lowest BCUT2D eigenvalue weighted by molar-refractivity contribution is 0.0933. The van der Waals surface area contributed by atoms with Gasteiger partial charge in [0.05, 0.1) is 24.3 Å². The molecule has 0 spiro atoms. The Hall–Kier alpha value is -4.34. The van der Waals surface area contributed by atoms with Gasteiger partial charge in [-0.3, -0.25) is 10.2 Å². The first-order valence-electron chi connectivity index (χ1n) is 11.4. The van der Waals surface area contributed by atoms with Crippen molar-refractivity contribution >= 4 is 28.5 Å². The lowest BCUT2D eigenvalue weighted by Gasteiger charge is -2.10. The third-order valence-electron chi connectivity index (χ3n) is 5.54. The molecule has 0 fully saturated rings. The van der Waals surface area contributed by atoms with E-state index in [2.05, 4.69) is 30.8 Å². The highest BCUT2D eigenvalue weighted by Crippen LogP contribution is 2.34. The molecule has 0 bridgehead atoms. The van der Waals surface area contributed by atoms with Gasteiger partial charge < -0.3 is 9.15 Å². The van der Waals surface area contributed by atoms with Gasteiger partial charge in [-0.05, 0) is 41.3 Å². The van der Waals surface area contributed by atoms with Crippen molar-refractivity contribution in [2.45, 2.75) is 13.8 Å². The molecule has 1 amide bonds. The van der Waals surface area contributed by atoms with Gasteiger partial charge >= 0.3 is 0 Å². The second kappa shape index (κ2) is 10.7. The molecule has 0 aliphatic heterocycles. The van der Waals surface area contributed by atoms with E-state index in [1.54, 1.807) is 7.11 Å². The van der Waals surface area contributed by atoms with E-state index in [0.29, 0.717) is 34.9 Å². The number of carbonyl (C=O) groups excluding carboxylic acids is 1. The fourth-order valence-corrected chi connectivity index (χ4v) is 3.72. The quantitative estimate of drug-likeness (QED) is 0.188. The second-order valence-corrected chi connectivity index (χ2v) is 8.55. The number of hydrogen-bond acceptors (Lipinski definition) is 5. The first kappa shape index (κ1) is 23.8. The van der Waals surface area contributed by atoms with Gasteiger partial charge in [0, 0.05) is 17.5 Å². The number of methoxy groups -OCH3 is 1. The van der Waals surface area contributed by atoms with Gasteiger partial charge in [0.15, 0.2) is 0 Å². The number of para-hydroxylation sites is 1. The van der Waals surface area contributed by atoms with E-state index < -0.39 is 0 Å². The van der Waals surface area contributed by atoms with Crippen LogP contribution in [0.1, 0.15) is 35.3 Å². The van der Waals surface area contributed by atoms with E-state index >= 15 is 0 Å². The Bertz CT molecular complexity index is 1390. The maximum atomic E-state index is 13.1. The molecule has 6 nitrogen and oxygen atoms in total. The molecule has 176 valence electrons. The first-order valence-corrected chi connectivity index (χ1v) is 11.4. The Morgan fingerprint density at radius 1 is 1.06 bits per heavy atom. The first-order chi connectivity index (χ1) is 17.0. The number of rotatable bonds is 8. The normalized spacial score (nSPS) is 11.5. The summed E-state index contributed by atoms with van der Waals surface area (Å²) in [4.78, 5) is 13.1. The molecule has 0 aliphatic carbocycles. The van der Waals surface area contributed by atoms with Crippen molar-refractivity contribution in [2.24, 2.45) is 5.92 Å². The standard InChI is InChI=1S/C29H27N3O3/c1-19(2)18-31-32-29(33)27-25-6-4-5-7-26(25)35-28(27)22-12-10-21(11-13-22)23(17-30)16-20-8-14-24(34-3)15-9-20/h4-16,19,31H,18H2,1-3H3,(H,32,33)/b23-16+. The van der Waals surface area contributed by atoms with Crippen LogP contribution in [-0.4, -0.2) is 19.6 Å². The van der Waals surface area contributed by atoms with E-state index in [1.165, 1.54) is 0 Å². The Morgan fingerprint density at radius 2 is 1.77 bits per heavy atom. The molecule has 4 rings (SSSR count). The summed E-state index contributed by atoms with van der Waals surface area (Å²) < 4.78 is 11.3. The molecule has 0 unspecified atom stereocenters. The number of nitrogens with one attached hydrogen (secondary N) is 2. The average Bonchev–Trinajstić information content (AvgIpc) is 3.27. The highest BCUT2D eigenvalue weighted by Gasteiger charge is 2.22. The minimum absolute atomic E-state index is 0.258. The van der Waals surface area contributed by atoms with Gasteiger partial charge in [-0.25, -0.2) is 5.43 Å². The molecular formula is C29H27N3O3. The van der Waals surface area contributed by atoms with Crippen molar-refractivity contribution in [3.05, 3.63) is 89.5 Å². The number of hydrazine groups is 1. The molecule has 1 heterocycles. The molecule has 0 saturated carbocycles. The van der Waals surface area contributed by atoms with Crippen molar-refractivity contribution in [1.82, 2.24) is 10.9 Å². The van der Waals surface area contributed by atoms with Crippen LogP contribution in [0.2, 0.25) is 0 Å². The summed E-state index contributed by atoms with van der Waals surface area (Å²) in [6, 6.07) is 24.7. The number of fused-ring (bicyclic) bond motifs is 1. The smallest absolute Gasteiger partial charge is 0.269 e. The summed E-state index contributed by atoms with van der Waals surface area (Å²) in [7, 11) is 1.62. The molecule has 0 saturated heterocycles. The number of amides is 1. The van der Waals surface area contributed by atoms with Crippen molar-refractivity contribution in [3.63, 3.8) is 0 Å². The van der Waals surface area contributed by atoms with Gasteiger partial charge in [0.2, 0.25) is 0 Å². The minimum Gasteiger partial charge on any atom is -0.497 e. The maximum Gasteiger partial charge on any atom is 0.269 e. The third-order valence-corrected chi connectivity index (χ3v) is 5.54. The summed E-state index contributed by atoms with van der Waals surface area (Å²) in [6.45, 7) is 4.79. The summed E-state index contributed by atoms with van der Waals surface area (Å²) in [5.74, 6) is 1.38. The molecule has 0 aliphatic rings. The van der Waals surface area contributed by atoms with E-state index in [1.807, 2.05) is 78.9 Å². The Balaban J connectivity index is 1.66. The van der Waals surface area contributed by atoms with Gasteiger partial charge in [0.25, 0.3) is 5.91 Å². The highest BCUT2D eigenvalue weighted by atomic mass is 16.5. The molecule has 2 N–H and O–H groups in total. The van der Waals surface area contributed by atoms with Gasteiger partial charge in [-0.15, -0.1) is 0 Å². The fourth-order valence-electron chi connectivity index (χ4n) is 3.72. The van der Waals surface area contributed by atoms with Crippen molar-refractivity contribution in [1.29, 1.82) is 5.26 Å². The number of allylic oxidation sites excluding steroid dienone is 1. The maximum absolute atomic E-state index is 13.1. The van der Waals surface area contributed by atoms with Crippen molar-refractivity contribution < 1.29 is 13.9 Å². The summed E-state index contributed by atoms with van der Waals surface area (Å²) in [6.07, 6.45) is 1.83. The number of nitrogens with zero attached hydrogens (tertiary/aromatic N) is 1. The number of hydrogen-bond donors (Lipinski definition) is 2. The van der Waals surface area contributed by atoms with Crippen LogP contribution < -0.4 is 15.6 Å². The van der Waals surface area contributed by atoms with E-state index in [4.69, 9.17) is 9.15 Å². The predicted octanol–water partition coefficient (Wildman–Crippen LogP) is 6.06. The molecule has 35 heavy (non-hydrogen) atoms. The molecule has 6 heteroatoms. The number of benzene rings is 3. The number of nitriles is 1. The molecule has 1 aromatic heterocycles. The number of ether oxygens (including phenoxy) is 1.